The summed E-state index contributed by atoms with van der Waals surface area (Å²) in [5, 5.41) is 2.98. The van der Waals surface area contributed by atoms with Crippen LogP contribution in [0.3, 0.4) is 0 Å². The van der Waals surface area contributed by atoms with Crippen LogP contribution in [0, 0.1) is 0 Å². The van der Waals surface area contributed by atoms with Crippen LogP contribution < -0.4 is 10.2 Å². The van der Waals surface area contributed by atoms with Crippen molar-refractivity contribution in [3.8, 4) is 0 Å². The molecule has 0 aromatic heterocycles. The van der Waals surface area contributed by atoms with E-state index in [4.69, 9.17) is 4.74 Å². The van der Waals surface area contributed by atoms with Crippen molar-refractivity contribution in [2.75, 3.05) is 52.3 Å². The molecule has 1 aliphatic rings. The van der Waals surface area contributed by atoms with Gasteiger partial charge in [0, 0.05) is 46.0 Å². The lowest BCUT2D eigenvalue weighted by atomic mass is 10.1. The maximum absolute atomic E-state index is 12.0. The van der Waals surface area contributed by atoms with Crippen LogP contribution in [-0.2, 0) is 16.0 Å². The van der Waals surface area contributed by atoms with Crippen molar-refractivity contribution in [1.29, 1.82) is 0 Å². The summed E-state index contributed by atoms with van der Waals surface area (Å²) in [5.41, 5.74) is 2.19. The first kappa shape index (κ1) is 18.7. The highest BCUT2D eigenvalue weighted by molar-refractivity contribution is 5.78. The second kappa shape index (κ2) is 9.64. The normalized spacial score (nSPS) is 16.1. The van der Waals surface area contributed by atoms with Crippen molar-refractivity contribution >= 4 is 11.6 Å². The molecular weight excluding hydrogens is 302 g/mol. The van der Waals surface area contributed by atoms with Crippen LogP contribution in [0.15, 0.2) is 24.3 Å². The standard InChI is InChI=1S/C19H31N3O2/c1-21(2)17-7-5-16(6-8-17)15-19(23)20-11-4-14-24-18-9-12-22(3)13-10-18/h5-8,18H,4,9-15H2,1-3H3,(H,20,23). The Hall–Kier alpha value is -1.59. The van der Waals surface area contributed by atoms with Gasteiger partial charge in [0.05, 0.1) is 12.5 Å². The van der Waals surface area contributed by atoms with Crippen LogP contribution in [0.2, 0.25) is 0 Å². The Morgan fingerprint density at radius 3 is 2.54 bits per heavy atom. The third-order valence-corrected chi connectivity index (χ3v) is 4.48. The molecule has 0 radical (unpaired) electrons. The molecule has 1 N–H and O–H groups in total. The SMILES string of the molecule is CN1CCC(OCCCNC(=O)Cc2ccc(N(C)C)cc2)CC1. The second-order valence-electron chi connectivity index (χ2n) is 6.81. The molecule has 24 heavy (non-hydrogen) atoms. The second-order valence-corrected chi connectivity index (χ2v) is 6.81. The van der Waals surface area contributed by atoms with Gasteiger partial charge in [-0.15, -0.1) is 0 Å². The number of anilines is 1. The third kappa shape index (κ3) is 6.49. The van der Waals surface area contributed by atoms with Crippen LogP contribution in [0.1, 0.15) is 24.8 Å². The van der Waals surface area contributed by atoms with Crippen molar-refractivity contribution in [2.24, 2.45) is 0 Å². The van der Waals surface area contributed by atoms with E-state index < -0.39 is 0 Å². The Kier molecular flexibility index (Phi) is 7.53. The molecule has 0 spiro atoms. The number of amides is 1. The molecule has 1 fully saturated rings. The number of benzene rings is 1. The van der Waals surface area contributed by atoms with Crippen LogP contribution >= 0.6 is 0 Å². The molecule has 5 nitrogen and oxygen atoms in total. The first-order chi connectivity index (χ1) is 11.5. The minimum absolute atomic E-state index is 0.0758. The van der Waals surface area contributed by atoms with E-state index in [1.165, 1.54) is 0 Å². The highest BCUT2D eigenvalue weighted by Crippen LogP contribution is 2.13. The number of likely N-dealkylation sites (tertiary alicyclic amines) is 1. The van der Waals surface area contributed by atoms with Gasteiger partial charge in [0.15, 0.2) is 0 Å². The van der Waals surface area contributed by atoms with Gasteiger partial charge in [0.25, 0.3) is 0 Å². The number of hydrogen-bond acceptors (Lipinski definition) is 4. The maximum atomic E-state index is 12.0. The zero-order chi connectivity index (χ0) is 17.4. The molecule has 0 unspecified atom stereocenters. The van der Waals surface area contributed by atoms with Gasteiger partial charge in [-0.05, 0) is 44.0 Å². The predicted molar refractivity (Wildman–Crippen MR) is 98.6 cm³/mol. The van der Waals surface area contributed by atoms with Crippen LogP contribution in [0.4, 0.5) is 5.69 Å². The highest BCUT2D eigenvalue weighted by Gasteiger charge is 2.16. The van der Waals surface area contributed by atoms with Gasteiger partial charge in [0.2, 0.25) is 5.91 Å². The molecule has 1 aromatic carbocycles. The molecule has 5 heteroatoms. The Morgan fingerprint density at radius 2 is 1.92 bits per heavy atom. The average Bonchev–Trinajstić information content (AvgIpc) is 2.56. The molecule has 1 heterocycles. The average molecular weight is 333 g/mol. The van der Waals surface area contributed by atoms with Crippen molar-refractivity contribution < 1.29 is 9.53 Å². The van der Waals surface area contributed by atoms with E-state index in [0.717, 1.165) is 50.2 Å². The van der Waals surface area contributed by atoms with E-state index in [1.54, 1.807) is 0 Å². The number of piperidine rings is 1. The van der Waals surface area contributed by atoms with E-state index in [0.29, 0.717) is 19.1 Å². The van der Waals surface area contributed by atoms with Crippen LogP contribution in [0.5, 0.6) is 0 Å². The lowest BCUT2D eigenvalue weighted by Gasteiger charge is -2.28. The summed E-state index contributed by atoms with van der Waals surface area (Å²) in [7, 11) is 6.17. The summed E-state index contributed by atoms with van der Waals surface area (Å²) >= 11 is 0. The van der Waals surface area contributed by atoms with Crippen molar-refractivity contribution in [2.45, 2.75) is 31.8 Å². The largest absolute Gasteiger partial charge is 0.378 e. The van der Waals surface area contributed by atoms with E-state index in [9.17, 15) is 4.79 Å². The number of nitrogens with one attached hydrogen (secondary N) is 1. The molecule has 0 bridgehead atoms. The summed E-state index contributed by atoms with van der Waals surface area (Å²) in [4.78, 5) is 16.4. The van der Waals surface area contributed by atoms with Gasteiger partial charge in [0.1, 0.15) is 0 Å². The molecular formula is C19H31N3O2. The Morgan fingerprint density at radius 1 is 1.25 bits per heavy atom. The van der Waals surface area contributed by atoms with Gasteiger partial charge in [-0.25, -0.2) is 0 Å². The molecule has 1 saturated heterocycles. The summed E-state index contributed by atoms with van der Waals surface area (Å²) in [6.45, 7) is 3.65. The van der Waals surface area contributed by atoms with Crippen molar-refractivity contribution in [1.82, 2.24) is 10.2 Å². The van der Waals surface area contributed by atoms with E-state index in [1.807, 2.05) is 43.3 Å². The Balaban J connectivity index is 1.56. The minimum Gasteiger partial charge on any atom is -0.378 e. The zero-order valence-electron chi connectivity index (χ0n) is 15.3. The molecule has 1 amide bonds. The molecule has 1 aromatic rings. The summed E-state index contributed by atoms with van der Waals surface area (Å²) < 4.78 is 5.88. The lowest BCUT2D eigenvalue weighted by molar-refractivity contribution is -0.120. The van der Waals surface area contributed by atoms with E-state index in [2.05, 4.69) is 17.3 Å². The number of carbonyl (C=O) groups excluding carboxylic acids is 1. The first-order valence-corrected chi connectivity index (χ1v) is 8.87. The smallest absolute Gasteiger partial charge is 0.224 e. The van der Waals surface area contributed by atoms with Gasteiger partial charge in [-0.3, -0.25) is 4.79 Å². The van der Waals surface area contributed by atoms with Crippen molar-refractivity contribution in [3.63, 3.8) is 0 Å². The van der Waals surface area contributed by atoms with Gasteiger partial charge in [-0.2, -0.15) is 0 Å². The number of rotatable bonds is 8. The van der Waals surface area contributed by atoms with E-state index in [-0.39, 0.29) is 5.91 Å². The highest BCUT2D eigenvalue weighted by atomic mass is 16.5. The van der Waals surface area contributed by atoms with Gasteiger partial charge < -0.3 is 19.9 Å². The Labute approximate surface area is 146 Å². The summed E-state index contributed by atoms with van der Waals surface area (Å²) in [5.74, 6) is 0.0758. The fourth-order valence-electron chi connectivity index (χ4n) is 2.86. The topological polar surface area (TPSA) is 44.8 Å². The molecule has 2 rings (SSSR count). The van der Waals surface area contributed by atoms with Crippen LogP contribution in [-0.4, -0.2) is 64.3 Å². The number of nitrogens with zero attached hydrogens (tertiary/aromatic N) is 2. The molecule has 1 aliphatic heterocycles. The molecule has 0 aliphatic carbocycles. The molecule has 0 atom stereocenters. The molecule has 134 valence electrons. The maximum Gasteiger partial charge on any atom is 0.224 e. The van der Waals surface area contributed by atoms with Gasteiger partial charge in [-0.1, -0.05) is 12.1 Å². The fraction of sp³-hybridized carbons (Fsp3) is 0.632. The zero-order valence-corrected chi connectivity index (χ0v) is 15.3. The number of ether oxygens (including phenoxy) is 1. The van der Waals surface area contributed by atoms with E-state index >= 15 is 0 Å². The summed E-state index contributed by atoms with van der Waals surface area (Å²) in [6, 6.07) is 8.10. The number of hydrogen-bond donors (Lipinski definition) is 1. The van der Waals surface area contributed by atoms with Crippen LogP contribution in [0.25, 0.3) is 0 Å². The molecule has 0 saturated carbocycles. The minimum atomic E-state index is 0.0758. The van der Waals surface area contributed by atoms with Crippen molar-refractivity contribution in [3.05, 3.63) is 29.8 Å². The first-order valence-electron chi connectivity index (χ1n) is 8.87. The fourth-order valence-corrected chi connectivity index (χ4v) is 2.86. The quantitative estimate of drug-likeness (QED) is 0.738. The predicted octanol–water partition coefficient (Wildman–Crippen LogP) is 1.91. The summed E-state index contributed by atoms with van der Waals surface area (Å²) in [6.07, 6.45) is 3.94. The van der Waals surface area contributed by atoms with Gasteiger partial charge >= 0.3 is 0 Å². The third-order valence-electron chi connectivity index (χ3n) is 4.48. The monoisotopic (exact) mass is 333 g/mol. The number of carbonyl (C=O) groups is 1. The Bertz CT molecular complexity index is 494. The lowest BCUT2D eigenvalue weighted by Crippen LogP contribution is -2.34.